The summed E-state index contributed by atoms with van der Waals surface area (Å²) in [5, 5.41) is 5.72. The molecule has 3 aromatic rings. The lowest BCUT2D eigenvalue weighted by Crippen LogP contribution is -2.58. The molecule has 0 saturated carbocycles. The maximum atomic E-state index is 13.2. The second-order valence-electron chi connectivity index (χ2n) is 7.96. The summed E-state index contributed by atoms with van der Waals surface area (Å²) in [4.78, 5) is 32.1. The SMILES string of the molecule is COc1ccc(-c2nc(CSCC(=O)N3c4ccccc4NC(=O)C3(C)C)cs2)c(OC)c1. The minimum absolute atomic E-state index is 0.112. The Morgan fingerprint density at radius 2 is 1.97 bits per heavy atom. The van der Waals surface area contributed by atoms with Crippen LogP contribution in [-0.2, 0) is 15.3 Å². The Hall–Kier alpha value is -3.04. The number of rotatable bonds is 7. The molecule has 0 saturated heterocycles. The van der Waals surface area contributed by atoms with Crippen LogP contribution >= 0.6 is 23.1 Å². The number of nitrogens with one attached hydrogen (secondary N) is 1. The number of nitrogens with zero attached hydrogens (tertiary/aromatic N) is 2. The van der Waals surface area contributed by atoms with E-state index in [4.69, 9.17) is 14.5 Å². The number of benzene rings is 2. The van der Waals surface area contributed by atoms with E-state index in [9.17, 15) is 9.59 Å². The molecule has 2 amide bonds. The molecule has 0 fully saturated rings. The number of anilines is 2. The Balaban J connectivity index is 1.44. The van der Waals surface area contributed by atoms with Gasteiger partial charge >= 0.3 is 0 Å². The van der Waals surface area contributed by atoms with Gasteiger partial charge in [-0.3, -0.25) is 14.5 Å². The van der Waals surface area contributed by atoms with Crippen LogP contribution in [0.5, 0.6) is 11.5 Å². The molecule has 0 aliphatic carbocycles. The fourth-order valence-electron chi connectivity index (χ4n) is 3.68. The van der Waals surface area contributed by atoms with Gasteiger partial charge in [0.1, 0.15) is 22.0 Å². The molecule has 4 rings (SSSR count). The third-order valence-electron chi connectivity index (χ3n) is 5.42. The highest BCUT2D eigenvalue weighted by Crippen LogP contribution is 2.38. The van der Waals surface area contributed by atoms with Crippen LogP contribution in [0.1, 0.15) is 19.5 Å². The summed E-state index contributed by atoms with van der Waals surface area (Å²) in [6.07, 6.45) is 0. The molecule has 2 heterocycles. The first kappa shape index (κ1) is 23.1. The number of aromatic nitrogens is 1. The first-order valence-electron chi connectivity index (χ1n) is 10.3. The second-order valence-corrected chi connectivity index (χ2v) is 9.81. The minimum Gasteiger partial charge on any atom is -0.497 e. The van der Waals surface area contributed by atoms with Crippen LogP contribution in [0.4, 0.5) is 11.4 Å². The summed E-state index contributed by atoms with van der Waals surface area (Å²) >= 11 is 3.01. The van der Waals surface area contributed by atoms with Crippen LogP contribution in [0.15, 0.2) is 47.8 Å². The molecule has 0 atom stereocenters. The number of fused-ring (bicyclic) bond motifs is 1. The lowest BCUT2D eigenvalue weighted by atomic mass is 9.96. The van der Waals surface area contributed by atoms with E-state index in [-0.39, 0.29) is 17.6 Å². The van der Waals surface area contributed by atoms with Crippen molar-refractivity contribution in [1.82, 2.24) is 4.98 Å². The second kappa shape index (κ2) is 9.44. The minimum atomic E-state index is -0.968. The van der Waals surface area contributed by atoms with Gasteiger partial charge in [0.25, 0.3) is 0 Å². The average molecular weight is 484 g/mol. The summed E-state index contributed by atoms with van der Waals surface area (Å²) in [6, 6.07) is 13.0. The monoisotopic (exact) mass is 483 g/mol. The molecule has 0 unspecified atom stereocenters. The maximum Gasteiger partial charge on any atom is 0.250 e. The molecule has 1 aliphatic heterocycles. The number of thiazole rings is 1. The van der Waals surface area contributed by atoms with Crippen LogP contribution in [0.3, 0.4) is 0 Å². The first-order chi connectivity index (χ1) is 15.8. The van der Waals surface area contributed by atoms with Crippen LogP contribution in [0, 0.1) is 0 Å². The maximum absolute atomic E-state index is 13.2. The lowest BCUT2D eigenvalue weighted by molar-refractivity contribution is -0.125. The molecule has 33 heavy (non-hydrogen) atoms. The number of amides is 2. The van der Waals surface area contributed by atoms with Crippen LogP contribution in [0.25, 0.3) is 10.6 Å². The van der Waals surface area contributed by atoms with E-state index < -0.39 is 5.54 Å². The molecule has 0 bridgehead atoms. The molecule has 2 aromatic carbocycles. The van der Waals surface area contributed by atoms with Gasteiger partial charge in [-0.2, -0.15) is 0 Å². The van der Waals surface area contributed by atoms with Gasteiger partial charge in [0, 0.05) is 17.2 Å². The molecule has 172 valence electrons. The number of hydrogen-bond donors (Lipinski definition) is 1. The molecule has 1 N–H and O–H groups in total. The molecular formula is C24H25N3O4S2. The van der Waals surface area contributed by atoms with Crippen molar-refractivity contribution in [3.05, 3.63) is 53.5 Å². The molecular weight excluding hydrogens is 458 g/mol. The van der Waals surface area contributed by atoms with Gasteiger partial charge in [-0.1, -0.05) is 12.1 Å². The highest BCUT2D eigenvalue weighted by molar-refractivity contribution is 7.99. The van der Waals surface area contributed by atoms with Gasteiger partial charge in [-0.25, -0.2) is 4.98 Å². The third-order valence-corrected chi connectivity index (χ3v) is 7.30. The fourth-order valence-corrected chi connectivity index (χ4v) is 5.40. The molecule has 1 aromatic heterocycles. The van der Waals surface area contributed by atoms with Gasteiger partial charge < -0.3 is 14.8 Å². The quantitative estimate of drug-likeness (QED) is 0.519. The van der Waals surface area contributed by atoms with Crippen molar-refractivity contribution in [2.75, 3.05) is 30.2 Å². The Morgan fingerprint density at radius 3 is 2.73 bits per heavy atom. The topological polar surface area (TPSA) is 80.8 Å². The predicted octanol–water partition coefficient (Wildman–Crippen LogP) is 4.82. The van der Waals surface area contributed by atoms with Crippen molar-refractivity contribution < 1.29 is 19.1 Å². The Bertz CT molecular complexity index is 1190. The lowest BCUT2D eigenvalue weighted by Gasteiger charge is -2.42. The average Bonchev–Trinajstić information content (AvgIpc) is 3.27. The zero-order chi connectivity index (χ0) is 23.6. The summed E-state index contributed by atoms with van der Waals surface area (Å²) in [6.45, 7) is 3.52. The van der Waals surface area contributed by atoms with Gasteiger partial charge in [-0.15, -0.1) is 23.1 Å². The van der Waals surface area contributed by atoms with Gasteiger partial charge in [0.05, 0.1) is 42.6 Å². The number of thioether (sulfide) groups is 1. The normalized spacial score (nSPS) is 14.4. The Kier molecular flexibility index (Phi) is 6.62. The smallest absolute Gasteiger partial charge is 0.250 e. The van der Waals surface area contributed by atoms with Crippen LogP contribution in [0.2, 0.25) is 0 Å². The van der Waals surface area contributed by atoms with Crippen molar-refractivity contribution in [1.29, 1.82) is 0 Å². The zero-order valence-corrected chi connectivity index (χ0v) is 20.5. The van der Waals surface area contributed by atoms with Crippen LogP contribution < -0.4 is 19.7 Å². The van der Waals surface area contributed by atoms with E-state index in [1.54, 1.807) is 39.0 Å². The highest BCUT2D eigenvalue weighted by atomic mass is 32.2. The summed E-state index contributed by atoms with van der Waals surface area (Å²) in [7, 11) is 3.24. The molecule has 9 heteroatoms. The molecule has 1 aliphatic rings. The van der Waals surface area contributed by atoms with E-state index >= 15 is 0 Å². The number of para-hydroxylation sites is 2. The Labute approximate surface area is 201 Å². The van der Waals surface area contributed by atoms with Crippen molar-refractivity contribution in [2.24, 2.45) is 0 Å². The van der Waals surface area contributed by atoms with Gasteiger partial charge in [0.15, 0.2) is 0 Å². The van der Waals surface area contributed by atoms with Crippen molar-refractivity contribution in [3.63, 3.8) is 0 Å². The Morgan fingerprint density at radius 1 is 1.18 bits per heavy atom. The van der Waals surface area contributed by atoms with E-state index in [1.807, 2.05) is 41.8 Å². The molecule has 0 radical (unpaired) electrons. The number of hydrogen-bond acceptors (Lipinski definition) is 7. The van der Waals surface area contributed by atoms with Crippen molar-refractivity contribution >= 4 is 46.3 Å². The highest BCUT2D eigenvalue weighted by Gasteiger charge is 2.43. The number of carbonyl (C=O) groups is 2. The summed E-state index contributed by atoms with van der Waals surface area (Å²) in [5.41, 5.74) is 2.19. The van der Waals surface area contributed by atoms with E-state index in [2.05, 4.69) is 5.32 Å². The van der Waals surface area contributed by atoms with Crippen molar-refractivity contribution in [2.45, 2.75) is 25.1 Å². The van der Waals surface area contributed by atoms with Gasteiger partial charge in [0.2, 0.25) is 11.8 Å². The summed E-state index contributed by atoms with van der Waals surface area (Å²) < 4.78 is 10.7. The standard InChI is InChI=1S/C24H25N3O4S2/c1-24(2)23(29)26-18-7-5-6-8-19(18)27(24)21(28)14-32-12-15-13-33-22(25-15)17-10-9-16(30-3)11-20(17)31-4/h5-11,13H,12,14H2,1-4H3,(H,26,29). The third kappa shape index (κ3) is 4.56. The number of methoxy groups -OCH3 is 2. The molecule has 7 nitrogen and oxygen atoms in total. The predicted molar refractivity (Wildman–Crippen MR) is 133 cm³/mol. The van der Waals surface area contributed by atoms with Crippen LogP contribution in [-0.4, -0.2) is 42.3 Å². The van der Waals surface area contributed by atoms with E-state index in [0.29, 0.717) is 17.2 Å². The van der Waals surface area contributed by atoms with Crippen molar-refractivity contribution in [3.8, 4) is 22.1 Å². The summed E-state index contributed by atoms with van der Waals surface area (Å²) in [5.74, 6) is 1.93. The van der Waals surface area contributed by atoms with E-state index in [1.165, 1.54) is 23.1 Å². The number of carbonyl (C=O) groups excluding carboxylic acids is 2. The van der Waals surface area contributed by atoms with E-state index in [0.717, 1.165) is 27.7 Å². The van der Waals surface area contributed by atoms with Gasteiger partial charge in [-0.05, 0) is 38.1 Å². The first-order valence-corrected chi connectivity index (χ1v) is 12.4. The fraction of sp³-hybridized carbons (Fsp3) is 0.292. The largest absolute Gasteiger partial charge is 0.497 e. The number of ether oxygens (including phenoxy) is 2. The zero-order valence-electron chi connectivity index (χ0n) is 18.9. The molecule has 0 spiro atoms.